The van der Waals surface area contributed by atoms with Crippen molar-refractivity contribution < 1.29 is 23.9 Å². The number of hydrogen-bond donors (Lipinski definition) is 2. The highest BCUT2D eigenvalue weighted by molar-refractivity contribution is 8.15. The van der Waals surface area contributed by atoms with E-state index in [0.29, 0.717) is 10.6 Å². The minimum Gasteiger partial charge on any atom is -0.462 e. The van der Waals surface area contributed by atoms with Crippen LogP contribution in [0.2, 0.25) is 0 Å². The average molecular weight is 382 g/mol. The molecule has 2 aliphatic rings. The van der Waals surface area contributed by atoms with E-state index in [0.717, 1.165) is 47.9 Å². The molecule has 0 saturated carbocycles. The normalized spacial score (nSPS) is 19.3. The molecule has 0 aromatic carbocycles. The SMILES string of the molecule is CCOC(=O)c1c(NC(=O)CC2SC(=O)NC2=O)sc2c1CCCC2. The second kappa shape index (κ2) is 7.57. The third-order valence-corrected chi connectivity index (χ3v) is 6.23. The number of thioether (sulfide) groups is 1. The lowest BCUT2D eigenvalue weighted by molar-refractivity contribution is -0.122. The van der Waals surface area contributed by atoms with Crippen molar-refractivity contribution in [2.75, 3.05) is 11.9 Å². The van der Waals surface area contributed by atoms with Crippen LogP contribution in [0.4, 0.5) is 9.80 Å². The maximum Gasteiger partial charge on any atom is 0.341 e. The van der Waals surface area contributed by atoms with Crippen molar-refractivity contribution in [1.29, 1.82) is 0 Å². The van der Waals surface area contributed by atoms with E-state index in [9.17, 15) is 19.2 Å². The fourth-order valence-corrected chi connectivity index (χ4v) is 5.06. The summed E-state index contributed by atoms with van der Waals surface area (Å²) < 4.78 is 5.14. The van der Waals surface area contributed by atoms with Crippen molar-refractivity contribution in [3.63, 3.8) is 0 Å². The van der Waals surface area contributed by atoms with Crippen molar-refractivity contribution in [1.82, 2.24) is 5.32 Å². The van der Waals surface area contributed by atoms with Gasteiger partial charge in [-0.3, -0.25) is 19.7 Å². The van der Waals surface area contributed by atoms with E-state index in [1.54, 1.807) is 6.92 Å². The first kappa shape index (κ1) is 17.9. The van der Waals surface area contributed by atoms with Gasteiger partial charge in [0.25, 0.3) is 5.24 Å². The third kappa shape index (κ3) is 3.87. The van der Waals surface area contributed by atoms with Gasteiger partial charge in [-0.25, -0.2) is 4.79 Å². The molecular weight excluding hydrogens is 364 g/mol. The largest absolute Gasteiger partial charge is 0.462 e. The highest BCUT2D eigenvalue weighted by Gasteiger charge is 2.34. The summed E-state index contributed by atoms with van der Waals surface area (Å²) in [5.74, 6) is -1.28. The predicted molar refractivity (Wildman–Crippen MR) is 95.1 cm³/mol. The molecule has 1 fully saturated rings. The number of esters is 1. The first-order chi connectivity index (χ1) is 12.0. The third-order valence-electron chi connectivity index (χ3n) is 4.04. The van der Waals surface area contributed by atoms with Crippen molar-refractivity contribution in [2.24, 2.45) is 0 Å². The molecule has 0 spiro atoms. The average Bonchev–Trinajstić information content (AvgIpc) is 3.06. The Morgan fingerprint density at radius 3 is 2.72 bits per heavy atom. The van der Waals surface area contributed by atoms with E-state index in [2.05, 4.69) is 10.6 Å². The second-order valence-electron chi connectivity index (χ2n) is 5.77. The fraction of sp³-hybridized carbons (Fsp3) is 0.500. The molecule has 3 rings (SSSR count). The van der Waals surface area contributed by atoms with E-state index < -0.39 is 28.3 Å². The molecule has 7 nitrogen and oxygen atoms in total. The van der Waals surface area contributed by atoms with E-state index in [4.69, 9.17) is 4.74 Å². The van der Waals surface area contributed by atoms with Crippen LogP contribution in [0, 0.1) is 0 Å². The number of carbonyl (C=O) groups excluding carboxylic acids is 4. The van der Waals surface area contributed by atoms with Gasteiger partial charge in [-0.15, -0.1) is 11.3 Å². The van der Waals surface area contributed by atoms with Crippen LogP contribution >= 0.6 is 23.1 Å². The molecule has 1 aromatic rings. The number of carbonyl (C=O) groups is 4. The zero-order chi connectivity index (χ0) is 18.0. The Morgan fingerprint density at radius 2 is 2.04 bits per heavy atom. The van der Waals surface area contributed by atoms with Crippen LogP contribution < -0.4 is 10.6 Å². The van der Waals surface area contributed by atoms with Gasteiger partial charge in [0.05, 0.1) is 12.2 Å². The van der Waals surface area contributed by atoms with E-state index in [1.165, 1.54) is 11.3 Å². The van der Waals surface area contributed by atoms with Crippen LogP contribution in [0.1, 0.15) is 47.0 Å². The molecule has 1 aliphatic heterocycles. The molecule has 1 atom stereocenters. The van der Waals surface area contributed by atoms with Crippen LogP contribution in [0.25, 0.3) is 0 Å². The summed E-state index contributed by atoms with van der Waals surface area (Å²) in [5, 5.41) is 4.20. The van der Waals surface area contributed by atoms with Gasteiger partial charge in [0.15, 0.2) is 0 Å². The number of nitrogens with one attached hydrogen (secondary N) is 2. The molecule has 9 heteroatoms. The number of anilines is 1. The predicted octanol–water partition coefficient (Wildman–Crippen LogP) is 2.48. The Kier molecular flexibility index (Phi) is 5.43. The molecule has 0 radical (unpaired) electrons. The zero-order valence-corrected chi connectivity index (χ0v) is 15.3. The minimum absolute atomic E-state index is 0.118. The monoisotopic (exact) mass is 382 g/mol. The molecule has 1 unspecified atom stereocenters. The summed E-state index contributed by atoms with van der Waals surface area (Å²) in [6.07, 6.45) is 3.63. The summed E-state index contributed by atoms with van der Waals surface area (Å²) in [7, 11) is 0. The zero-order valence-electron chi connectivity index (χ0n) is 13.7. The summed E-state index contributed by atoms with van der Waals surface area (Å²) in [6.45, 7) is 2.00. The van der Waals surface area contributed by atoms with Gasteiger partial charge < -0.3 is 10.1 Å². The molecule has 134 valence electrons. The molecular formula is C16H18N2O5S2. The number of hydrogen-bond acceptors (Lipinski definition) is 7. The second-order valence-corrected chi connectivity index (χ2v) is 8.05. The molecule has 1 saturated heterocycles. The van der Waals surface area contributed by atoms with Crippen molar-refractivity contribution in [3.05, 3.63) is 16.0 Å². The number of fused-ring (bicyclic) bond motifs is 1. The summed E-state index contributed by atoms with van der Waals surface area (Å²) >= 11 is 2.21. The smallest absolute Gasteiger partial charge is 0.341 e. The highest BCUT2D eigenvalue weighted by Crippen LogP contribution is 2.38. The van der Waals surface area contributed by atoms with Crippen LogP contribution in [-0.4, -0.2) is 34.9 Å². The van der Waals surface area contributed by atoms with Crippen LogP contribution in [0.5, 0.6) is 0 Å². The van der Waals surface area contributed by atoms with Gasteiger partial charge in [-0.2, -0.15) is 0 Å². The quantitative estimate of drug-likeness (QED) is 0.759. The first-order valence-corrected chi connectivity index (χ1v) is 9.82. The molecule has 1 aliphatic carbocycles. The lowest BCUT2D eigenvalue weighted by Crippen LogP contribution is -2.27. The van der Waals surface area contributed by atoms with Gasteiger partial charge in [0.1, 0.15) is 10.3 Å². The molecule has 2 N–H and O–H groups in total. The lowest BCUT2D eigenvalue weighted by atomic mass is 9.95. The topological polar surface area (TPSA) is 102 Å². The Morgan fingerprint density at radius 1 is 1.28 bits per heavy atom. The molecule has 0 bridgehead atoms. The maximum absolute atomic E-state index is 12.3. The molecule has 25 heavy (non-hydrogen) atoms. The first-order valence-electron chi connectivity index (χ1n) is 8.12. The minimum atomic E-state index is -0.729. The van der Waals surface area contributed by atoms with Gasteiger partial charge in [-0.1, -0.05) is 11.8 Å². The number of rotatable bonds is 5. The molecule has 1 aromatic heterocycles. The van der Waals surface area contributed by atoms with Gasteiger partial charge in [-0.05, 0) is 38.2 Å². The van der Waals surface area contributed by atoms with E-state index in [-0.39, 0.29) is 13.0 Å². The van der Waals surface area contributed by atoms with Crippen molar-refractivity contribution in [3.8, 4) is 0 Å². The molecule has 2 heterocycles. The van der Waals surface area contributed by atoms with Crippen molar-refractivity contribution in [2.45, 2.75) is 44.3 Å². The summed E-state index contributed by atoms with van der Waals surface area (Å²) in [6, 6.07) is 0. The number of imide groups is 1. The van der Waals surface area contributed by atoms with Crippen LogP contribution in [0.15, 0.2) is 0 Å². The highest BCUT2D eigenvalue weighted by atomic mass is 32.2. The number of aryl methyl sites for hydroxylation is 1. The number of ether oxygens (including phenoxy) is 1. The Labute approximate surface area is 152 Å². The van der Waals surface area contributed by atoms with Crippen LogP contribution in [0.3, 0.4) is 0 Å². The van der Waals surface area contributed by atoms with Crippen LogP contribution in [-0.2, 0) is 27.2 Å². The Hall–Kier alpha value is -1.87. The van der Waals surface area contributed by atoms with Gasteiger partial charge in [0.2, 0.25) is 11.8 Å². The summed E-state index contributed by atoms with van der Waals surface area (Å²) in [4.78, 5) is 48.5. The standard InChI is InChI=1S/C16H18N2O5S2/c1-2-23-15(21)12-8-5-3-4-6-9(8)24-14(12)17-11(19)7-10-13(20)18-16(22)25-10/h10H,2-7H2,1H3,(H,17,19)(H,18,20,22). The lowest BCUT2D eigenvalue weighted by Gasteiger charge is -2.12. The molecule has 3 amide bonds. The van der Waals surface area contributed by atoms with E-state index >= 15 is 0 Å². The Bertz CT molecular complexity index is 743. The van der Waals surface area contributed by atoms with Gasteiger partial charge in [0, 0.05) is 11.3 Å². The number of thiophene rings is 1. The fourth-order valence-electron chi connectivity index (χ4n) is 2.95. The summed E-state index contributed by atoms with van der Waals surface area (Å²) in [5.41, 5.74) is 1.41. The number of amides is 3. The van der Waals surface area contributed by atoms with E-state index in [1.807, 2.05) is 0 Å². The van der Waals surface area contributed by atoms with Crippen molar-refractivity contribution >= 4 is 51.1 Å². The maximum atomic E-state index is 12.3. The Balaban J connectivity index is 1.78. The van der Waals surface area contributed by atoms with Gasteiger partial charge >= 0.3 is 5.97 Å².